The third-order valence-corrected chi connectivity index (χ3v) is 17.5. The van der Waals surface area contributed by atoms with Crippen LogP contribution in [0.4, 0.5) is 0 Å². The number of hydrogen-bond acceptors (Lipinski definition) is 15. The predicted molar refractivity (Wildman–Crippen MR) is 217 cm³/mol. The maximum absolute atomic E-state index is 13.7. The number of cyclic esters (lactones) is 6. The first-order valence-corrected chi connectivity index (χ1v) is 24.1. The van der Waals surface area contributed by atoms with Crippen molar-refractivity contribution in [2.75, 3.05) is 79.3 Å². The Morgan fingerprint density at radius 3 is 0.571 bits per heavy atom. The standard InChI is InChI=1S/C48H66O15/c49-37-43-16-31-13-32(17-43)19-44(18-31,28-43)39(51)60-9-3-56-5-11-62-41(53)47-24-35-15-36(25-47)27-48(26-35,30-47)42(54)63-12-6-57-4-10-61-40(52)46-22-33-14-34(23-46)21-45(20-33,29-46)38(50)59-8-2-55-1-7-58-37/h31-36H,1-30H2. The Kier molecular flexibility index (Phi) is 11.7. The Bertz CT molecular complexity index is 1460. The lowest BCUT2D eigenvalue weighted by atomic mass is 9.44. The van der Waals surface area contributed by atoms with Crippen LogP contribution in [0.25, 0.3) is 0 Å². The summed E-state index contributed by atoms with van der Waals surface area (Å²) < 4.78 is 52.1. The Hall–Kier alpha value is -3.30. The van der Waals surface area contributed by atoms with Crippen LogP contribution in [0, 0.1) is 68.0 Å². The van der Waals surface area contributed by atoms with Gasteiger partial charge in [-0.05, 0) is 151 Å². The number of carbonyl (C=O) groups is 6. The number of esters is 6. The second kappa shape index (κ2) is 16.8. The van der Waals surface area contributed by atoms with Crippen molar-refractivity contribution in [1.29, 1.82) is 0 Å². The summed E-state index contributed by atoms with van der Waals surface area (Å²) in [5.74, 6) is -0.150. The van der Waals surface area contributed by atoms with Crippen LogP contribution in [0.1, 0.15) is 116 Å². The van der Waals surface area contributed by atoms with E-state index in [4.69, 9.17) is 42.6 Å². The number of carbonyl (C=O) groups excluding carboxylic acids is 6. The molecule has 13 fully saturated rings. The van der Waals surface area contributed by atoms with Crippen molar-refractivity contribution < 1.29 is 71.4 Å². The fraction of sp³-hybridized carbons (Fsp3) is 0.875. The molecule has 0 radical (unpaired) electrons. The maximum Gasteiger partial charge on any atom is 0.312 e. The van der Waals surface area contributed by atoms with Crippen molar-refractivity contribution in [3.8, 4) is 0 Å². The highest BCUT2D eigenvalue weighted by molar-refractivity contribution is 5.85. The summed E-state index contributed by atoms with van der Waals surface area (Å²) in [6.07, 6.45) is 12.8. The molecule has 0 amide bonds. The van der Waals surface area contributed by atoms with Crippen LogP contribution in [0.3, 0.4) is 0 Å². The molecule has 0 aromatic rings. The van der Waals surface area contributed by atoms with E-state index < -0.39 is 32.5 Å². The summed E-state index contributed by atoms with van der Waals surface area (Å²) in [6.45, 7) is 1.29. The van der Waals surface area contributed by atoms with Crippen LogP contribution in [0.5, 0.6) is 0 Å². The molecule has 348 valence electrons. The summed E-state index contributed by atoms with van der Waals surface area (Å²) in [5.41, 5.74) is -4.33. The van der Waals surface area contributed by atoms with Gasteiger partial charge < -0.3 is 42.6 Å². The SMILES string of the molecule is O=C1OCCOCCOC(=O)C23CC4CC(C2)CC(C4)(C3)C(=O)OCCOCCOC(=O)C23CC4CC(CC(C4)(C2)C(=O)OCCOCCOC(=O)C24CC5CC(CC1(C5)C2)C4)C3. The second-order valence-corrected chi connectivity index (χ2v) is 22.2. The van der Waals surface area contributed by atoms with Gasteiger partial charge in [0.15, 0.2) is 0 Å². The molecule has 0 aromatic heterocycles. The zero-order valence-corrected chi connectivity index (χ0v) is 36.8. The zero-order valence-electron chi connectivity index (χ0n) is 36.8. The summed E-state index contributed by atoms with van der Waals surface area (Å²) in [6, 6.07) is 0. The van der Waals surface area contributed by atoms with Gasteiger partial charge in [-0.3, -0.25) is 28.8 Å². The van der Waals surface area contributed by atoms with Crippen molar-refractivity contribution in [2.45, 2.75) is 116 Å². The predicted octanol–water partition coefficient (Wildman–Crippen LogP) is 5.07. The molecule has 0 N–H and O–H groups in total. The van der Waals surface area contributed by atoms with Crippen LogP contribution in [0.15, 0.2) is 0 Å². The van der Waals surface area contributed by atoms with E-state index in [1.807, 2.05) is 0 Å². The van der Waals surface area contributed by atoms with Crippen LogP contribution in [0.2, 0.25) is 0 Å². The summed E-state index contributed by atoms with van der Waals surface area (Å²) in [5, 5.41) is 0. The topological polar surface area (TPSA) is 185 Å². The summed E-state index contributed by atoms with van der Waals surface area (Å²) >= 11 is 0. The molecule has 1 heterocycles. The lowest BCUT2D eigenvalue weighted by molar-refractivity contribution is -0.195. The van der Waals surface area contributed by atoms with Gasteiger partial charge >= 0.3 is 35.8 Å². The van der Waals surface area contributed by atoms with Crippen molar-refractivity contribution in [2.24, 2.45) is 68.0 Å². The second-order valence-electron chi connectivity index (χ2n) is 22.2. The van der Waals surface area contributed by atoms with E-state index in [0.29, 0.717) is 96.3 Å². The highest BCUT2D eigenvalue weighted by atomic mass is 16.6. The molecule has 12 saturated carbocycles. The Morgan fingerprint density at radius 1 is 0.254 bits per heavy atom. The Labute approximate surface area is 369 Å². The van der Waals surface area contributed by atoms with Crippen molar-refractivity contribution in [1.82, 2.24) is 0 Å². The third kappa shape index (κ3) is 8.09. The average Bonchev–Trinajstić information content (AvgIpc) is 3.23. The molecular weight excluding hydrogens is 817 g/mol. The van der Waals surface area contributed by atoms with E-state index in [0.717, 1.165) is 19.3 Å². The maximum atomic E-state index is 13.7. The van der Waals surface area contributed by atoms with Crippen molar-refractivity contribution in [3.63, 3.8) is 0 Å². The van der Waals surface area contributed by atoms with Gasteiger partial charge in [-0.25, -0.2) is 0 Å². The van der Waals surface area contributed by atoms with Crippen LogP contribution in [-0.4, -0.2) is 115 Å². The summed E-state index contributed by atoms with van der Waals surface area (Å²) in [7, 11) is 0. The van der Waals surface area contributed by atoms with Gasteiger partial charge in [-0.2, -0.15) is 0 Å². The fourth-order valence-corrected chi connectivity index (χ4v) is 16.6. The quantitative estimate of drug-likeness (QED) is 0.232. The highest BCUT2D eigenvalue weighted by Gasteiger charge is 2.67. The van der Waals surface area contributed by atoms with Gasteiger partial charge in [-0.15, -0.1) is 0 Å². The monoisotopic (exact) mass is 882 g/mol. The van der Waals surface area contributed by atoms with E-state index in [1.165, 1.54) is 0 Å². The van der Waals surface area contributed by atoms with Gasteiger partial charge in [-0.1, -0.05) is 0 Å². The minimum Gasteiger partial charge on any atom is -0.463 e. The molecule has 6 spiro atoms. The normalized spacial score (nSPS) is 46.3. The molecule has 0 atom stereocenters. The molecule has 13 rings (SSSR count). The van der Waals surface area contributed by atoms with Crippen molar-refractivity contribution >= 4 is 35.8 Å². The molecule has 0 unspecified atom stereocenters. The molecule has 12 bridgehead atoms. The molecule has 63 heavy (non-hydrogen) atoms. The van der Waals surface area contributed by atoms with Gasteiger partial charge in [0, 0.05) is 0 Å². The zero-order chi connectivity index (χ0) is 43.5. The molecule has 15 nitrogen and oxygen atoms in total. The smallest absolute Gasteiger partial charge is 0.312 e. The summed E-state index contributed by atoms with van der Waals surface area (Å²) in [4.78, 5) is 82.4. The molecule has 15 heteroatoms. The molecule has 1 aliphatic heterocycles. The number of hydrogen-bond donors (Lipinski definition) is 0. The van der Waals surface area contributed by atoms with E-state index in [-0.39, 0.29) is 151 Å². The minimum absolute atomic E-state index is 0.0627. The van der Waals surface area contributed by atoms with E-state index >= 15 is 0 Å². The molecule has 12 aliphatic carbocycles. The molecule has 1 saturated heterocycles. The molecule has 13 aliphatic rings. The first kappa shape index (κ1) is 43.6. The Morgan fingerprint density at radius 2 is 0.413 bits per heavy atom. The first-order chi connectivity index (χ1) is 30.4. The lowest BCUT2D eigenvalue weighted by Crippen LogP contribution is -2.58. The minimum atomic E-state index is -0.722. The van der Waals surface area contributed by atoms with E-state index in [1.54, 1.807) is 0 Å². The van der Waals surface area contributed by atoms with E-state index in [9.17, 15) is 28.8 Å². The molecular formula is C48H66O15. The first-order valence-electron chi connectivity index (χ1n) is 24.1. The molecule has 0 aromatic carbocycles. The highest BCUT2D eigenvalue weighted by Crippen LogP contribution is 2.68. The fourth-order valence-electron chi connectivity index (χ4n) is 16.6. The average molecular weight is 883 g/mol. The van der Waals surface area contributed by atoms with Gasteiger partial charge in [0.05, 0.1) is 72.1 Å². The number of rotatable bonds is 0. The van der Waals surface area contributed by atoms with Crippen molar-refractivity contribution in [3.05, 3.63) is 0 Å². The van der Waals surface area contributed by atoms with Crippen LogP contribution >= 0.6 is 0 Å². The number of ether oxygens (including phenoxy) is 9. The van der Waals surface area contributed by atoms with Crippen LogP contribution < -0.4 is 0 Å². The third-order valence-electron chi connectivity index (χ3n) is 17.5. The van der Waals surface area contributed by atoms with Crippen LogP contribution in [-0.2, 0) is 71.4 Å². The lowest BCUT2D eigenvalue weighted by Gasteiger charge is -2.59. The Balaban J connectivity index is 0.776. The largest absolute Gasteiger partial charge is 0.463 e. The van der Waals surface area contributed by atoms with Gasteiger partial charge in [0.2, 0.25) is 0 Å². The van der Waals surface area contributed by atoms with E-state index in [2.05, 4.69) is 0 Å². The van der Waals surface area contributed by atoms with Gasteiger partial charge in [0.25, 0.3) is 0 Å². The van der Waals surface area contributed by atoms with Gasteiger partial charge in [0.1, 0.15) is 39.6 Å².